The lowest BCUT2D eigenvalue weighted by Crippen LogP contribution is -2.43. The van der Waals surface area contributed by atoms with E-state index in [0.29, 0.717) is 5.56 Å². The van der Waals surface area contributed by atoms with E-state index in [9.17, 15) is 14.4 Å². The van der Waals surface area contributed by atoms with E-state index in [1.807, 2.05) is 31.2 Å². The molecule has 0 unspecified atom stereocenters. The molecule has 0 bridgehead atoms. The first-order valence-electron chi connectivity index (χ1n) is 7.40. The highest BCUT2D eigenvalue weighted by Crippen LogP contribution is 2.04. The van der Waals surface area contributed by atoms with Gasteiger partial charge in [0.05, 0.1) is 6.42 Å². The smallest absolute Gasteiger partial charge is 0.310 e. The van der Waals surface area contributed by atoms with Crippen molar-refractivity contribution in [2.24, 2.45) is 0 Å². The van der Waals surface area contributed by atoms with Crippen molar-refractivity contribution in [3.8, 4) is 0 Å². The van der Waals surface area contributed by atoms with Gasteiger partial charge in [0.2, 0.25) is 0 Å². The molecule has 0 aliphatic carbocycles. The van der Waals surface area contributed by atoms with Crippen LogP contribution in [0, 0.1) is 6.92 Å². The van der Waals surface area contributed by atoms with Crippen molar-refractivity contribution in [3.63, 3.8) is 0 Å². The lowest BCUT2D eigenvalue weighted by molar-refractivity contribution is -0.148. The first-order valence-corrected chi connectivity index (χ1v) is 7.40. The molecular weight excluding hydrogens is 308 g/mol. The van der Waals surface area contributed by atoms with Crippen molar-refractivity contribution in [2.75, 3.05) is 6.61 Å². The van der Waals surface area contributed by atoms with E-state index >= 15 is 0 Å². The van der Waals surface area contributed by atoms with Crippen LogP contribution >= 0.6 is 0 Å². The van der Waals surface area contributed by atoms with Gasteiger partial charge in [0, 0.05) is 5.56 Å². The molecule has 0 aromatic heterocycles. The molecule has 2 N–H and O–H groups in total. The summed E-state index contributed by atoms with van der Waals surface area (Å²) in [4.78, 5) is 35.0. The minimum Gasteiger partial charge on any atom is -0.455 e. The second kappa shape index (κ2) is 8.47. The van der Waals surface area contributed by atoms with Crippen molar-refractivity contribution >= 4 is 17.8 Å². The molecule has 0 fully saturated rings. The zero-order valence-electron chi connectivity index (χ0n) is 13.2. The van der Waals surface area contributed by atoms with Crippen molar-refractivity contribution < 1.29 is 19.1 Å². The maximum atomic E-state index is 11.7. The number of amides is 2. The van der Waals surface area contributed by atoms with Gasteiger partial charge in [0.1, 0.15) is 0 Å². The zero-order chi connectivity index (χ0) is 17.4. The fourth-order valence-electron chi connectivity index (χ4n) is 1.89. The lowest BCUT2D eigenvalue weighted by Gasteiger charge is -2.08. The van der Waals surface area contributed by atoms with Gasteiger partial charge in [-0.3, -0.25) is 25.2 Å². The van der Waals surface area contributed by atoms with Crippen LogP contribution in [0.2, 0.25) is 0 Å². The van der Waals surface area contributed by atoms with Crippen molar-refractivity contribution in [1.29, 1.82) is 0 Å². The van der Waals surface area contributed by atoms with Gasteiger partial charge >= 0.3 is 5.97 Å². The molecule has 2 aromatic rings. The molecule has 0 atom stereocenters. The van der Waals surface area contributed by atoms with Gasteiger partial charge in [-0.25, -0.2) is 0 Å². The van der Waals surface area contributed by atoms with Gasteiger partial charge in [0.25, 0.3) is 11.8 Å². The Bertz CT molecular complexity index is 712. The van der Waals surface area contributed by atoms with Crippen molar-refractivity contribution in [3.05, 3.63) is 71.3 Å². The summed E-state index contributed by atoms with van der Waals surface area (Å²) in [5, 5.41) is 0. The lowest BCUT2D eigenvalue weighted by atomic mass is 10.1. The molecule has 6 nitrogen and oxygen atoms in total. The Morgan fingerprint density at radius 1 is 0.917 bits per heavy atom. The predicted octanol–water partition coefficient (Wildman–Crippen LogP) is 1.54. The number of hydrogen-bond acceptors (Lipinski definition) is 4. The number of hydrogen-bond donors (Lipinski definition) is 2. The second-order valence-electron chi connectivity index (χ2n) is 5.19. The van der Waals surface area contributed by atoms with Crippen LogP contribution in [0.5, 0.6) is 0 Å². The summed E-state index contributed by atoms with van der Waals surface area (Å²) in [6, 6.07) is 15.9. The highest BCUT2D eigenvalue weighted by molar-refractivity contribution is 5.95. The summed E-state index contributed by atoms with van der Waals surface area (Å²) in [5.74, 6) is -1.57. The van der Waals surface area contributed by atoms with Crippen LogP contribution in [0.3, 0.4) is 0 Å². The van der Waals surface area contributed by atoms with E-state index in [0.717, 1.165) is 11.1 Å². The fraction of sp³-hybridized carbons (Fsp3) is 0.167. The molecule has 2 aromatic carbocycles. The Labute approximate surface area is 139 Å². The molecule has 0 saturated heterocycles. The molecule has 0 saturated carbocycles. The number of carbonyl (C=O) groups is 3. The van der Waals surface area contributed by atoms with E-state index in [4.69, 9.17) is 4.74 Å². The SMILES string of the molecule is Cc1ccc(CC(=O)OCC(=O)NNC(=O)c2ccccc2)cc1. The van der Waals surface area contributed by atoms with Gasteiger partial charge in [-0.05, 0) is 24.6 Å². The van der Waals surface area contributed by atoms with Crippen LogP contribution in [-0.2, 0) is 20.7 Å². The Morgan fingerprint density at radius 3 is 2.25 bits per heavy atom. The topological polar surface area (TPSA) is 84.5 Å². The van der Waals surface area contributed by atoms with Crippen LogP contribution in [0.25, 0.3) is 0 Å². The predicted molar refractivity (Wildman–Crippen MR) is 87.9 cm³/mol. The first-order chi connectivity index (χ1) is 11.5. The number of carbonyl (C=O) groups excluding carboxylic acids is 3. The molecule has 6 heteroatoms. The highest BCUT2D eigenvalue weighted by Gasteiger charge is 2.10. The second-order valence-corrected chi connectivity index (χ2v) is 5.19. The van der Waals surface area contributed by atoms with Gasteiger partial charge < -0.3 is 4.74 Å². The summed E-state index contributed by atoms with van der Waals surface area (Å²) in [6.07, 6.45) is 0.0872. The van der Waals surface area contributed by atoms with Gasteiger partial charge in [-0.15, -0.1) is 0 Å². The maximum Gasteiger partial charge on any atom is 0.310 e. The summed E-state index contributed by atoms with van der Waals surface area (Å²) in [6.45, 7) is 1.50. The monoisotopic (exact) mass is 326 g/mol. The Hall–Kier alpha value is -3.15. The van der Waals surface area contributed by atoms with E-state index in [1.54, 1.807) is 30.3 Å². The van der Waals surface area contributed by atoms with Crippen LogP contribution in [0.1, 0.15) is 21.5 Å². The molecule has 0 aliphatic heterocycles. The number of nitrogens with one attached hydrogen (secondary N) is 2. The molecule has 0 heterocycles. The molecule has 0 radical (unpaired) electrons. The van der Waals surface area contributed by atoms with Crippen molar-refractivity contribution in [2.45, 2.75) is 13.3 Å². The Morgan fingerprint density at radius 2 is 1.58 bits per heavy atom. The van der Waals surface area contributed by atoms with Crippen LogP contribution < -0.4 is 10.9 Å². The quantitative estimate of drug-likeness (QED) is 0.645. The van der Waals surface area contributed by atoms with E-state index in [2.05, 4.69) is 10.9 Å². The standard InChI is InChI=1S/C18H18N2O4/c1-13-7-9-14(10-8-13)11-17(22)24-12-16(21)19-20-18(23)15-5-3-2-4-6-15/h2-10H,11-12H2,1H3,(H,19,21)(H,20,23). The maximum absolute atomic E-state index is 11.7. The van der Waals surface area contributed by atoms with Crippen LogP contribution in [0.4, 0.5) is 0 Å². The van der Waals surface area contributed by atoms with E-state index < -0.39 is 24.4 Å². The third-order valence-corrected chi connectivity index (χ3v) is 3.18. The van der Waals surface area contributed by atoms with Gasteiger partial charge in [0.15, 0.2) is 6.61 Å². The number of rotatable bonds is 5. The molecular formula is C18H18N2O4. The average Bonchev–Trinajstić information content (AvgIpc) is 2.60. The largest absolute Gasteiger partial charge is 0.455 e. The molecule has 24 heavy (non-hydrogen) atoms. The molecule has 2 rings (SSSR count). The third-order valence-electron chi connectivity index (χ3n) is 3.18. The fourth-order valence-corrected chi connectivity index (χ4v) is 1.89. The summed E-state index contributed by atoms with van der Waals surface area (Å²) in [5.41, 5.74) is 6.76. The summed E-state index contributed by atoms with van der Waals surface area (Å²) >= 11 is 0. The number of ether oxygens (including phenoxy) is 1. The molecule has 124 valence electrons. The zero-order valence-corrected chi connectivity index (χ0v) is 13.2. The summed E-state index contributed by atoms with van der Waals surface area (Å²) in [7, 11) is 0. The molecule has 0 spiro atoms. The van der Waals surface area contributed by atoms with Crippen LogP contribution in [-0.4, -0.2) is 24.4 Å². The minimum atomic E-state index is -0.614. The van der Waals surface area contributed by atoms with Crippen molar-refractivity contribution in [1.82, 2.24) is 10.9 Å². The minimum absolute atomic E-state index is 0.0872. The number of hydrazine groups is 1. The van der Waals surface area contributed by atoms with Gasteiger partial charge in [-0.1, -0.05) is 48.0 Å². The normalized spacial score (nSPS) is 9.88. The number of benzene rings is 2. The van der Waals surface area contributed by atoms with E-state index in [-0.39, 0.29) is 6.42 Å². The number of esters is 1. The van der Waals surface area contributed by atoms with Crippen LogP contribution in [0.15, 0.2) is 54.6 Å². The Balaban J connectivity index is 1.70. The summed E-state index contributed by atoms with van der Waals surface area (Å²) < 4.78 is 4.87. The highest BCUT2D eigenvalue weighted by atomic mass is 16.5. The molecule has 0 aliphatic rings. The molecule has 2 amide bonds. The van der Waals surface area contributed by atoms with E-state index in [1.165, 1.54) is 0 Å². The third kappa shape index (κ3) is 5.57. The number of aryl methyl sites for hydroxylation is 1. The van der Waals surface area contributed by atoms with Gasteiger partial charge in [-0.2, -0.15) is 0 Å². The average molecular weight is 326 g/mol. The first kappa shape index (κ1) is 17.2. The Kier molecular flexibility index (Phi) is 6.08.